The molecular formula is C14H20ClNO. The molecule has 0 bridgehead atoms. The molecule has 1 aliphatic rings. The van der Waals surface area contributed by atoms with Crippen LogP contribution in [0.4, 0.5) is 0 Å². The molecule has 1 aliphatic carbocycles. The molecule has 0 saturated heterocycles. The summed E-state index contributed by atoms with van der Waals surface area (Å²) in [6.07, 6.45) is 5.18. The summed E-state index contributed by atoms with van der Waals surface area (Å²) in [6, 6.07) is 6.35. The fourth-order valence-corrected chi connectivity index (χ4v) is 2.55. The lowest BCUT2D eigenvalue weighted by molar-refractivity contribution is 0.118. The number of halogens is 1. The molecule has 2 atom stereocenters. The fourth-order valence-electron chi connectivity index (χ4n) is 2.43. The quantitative estimate of drug-likeness (QED) is 0.890. The summed E-state index contributed by atoms with van der Waals surface area (Å²) in [5.41, 5.74) is 1.07. The minimum atomic E-state index is 0.286. The van der Waals surface area contributed by atoms with Gasteiger partial charge in [0, 0.05) is 11.1 Å². The van der Waals surface area contributed by atoms with Crippen molar-refractivity contribution in [3.8, 4) is 5.75 Å². The zero-order chi connectivity index (χ0) is 12.3. The van der Waals surface area contributed by atoms with Crippen molar-refractivity contribution in [1.82, 2.24) is 5.32 Å². The highest BCUT2D eigenvalue weighted by Crippen LogP contribution is 2.26. The Kier molecular flexibility index (Phi) is 4.30. The molecule has 1 N–H and O–H groups in total. The molecule has 2 unspecified atom stereocenters. The lowest BCUT2D eigenvalue weighted by Crippen LogP contribution is -2.43. The van der Waals surface area contributed by atoms with Gasteiger partial charge in [-0.25, -0.2) is 0 Å². The molecular weight excluding hydrogens is 234 g/mol. The second kappa shape index (κ2) is 5.74. The molecule has 1 saturated carbocycles. The van der Waals surface area contributed by atoms with Gasteiger partial charge in [0.05, 0.1) is 0 Å². The highest BCUT2D eigenvalue weighted by Gasteiger charge is 2.25. The van der Waals surface area contributed by atoms with Crippen molar-refractivity contribution >= 4 is 11.6 Å². The van der Waals surface area contributed by atoms with Gasteiger partial charge in [0.25, 0.3) is 0 Å². The number of rotatable bonds is 3. The van der Waals surface area contributed by atoms with Crippen molar-refractivity contribution in [1.29, 1.82) is 0 Å². The van der Waals surface area contributed by atoms with Gasteiger partial charge in [-0.1, -0.05) is 18.0 Å². The number of hydrogen-bond donors (Lipinski definition) is 1. The van der Waals surface area contributed by atoms with Gasteiger partial charge in [-0.3, -0.25) is 0 Å². The van der Waals surface area contributed by atoms with Crippen LogP contribution in [0.3, 0.4) is 0 Å². The fraction of sp³-hybridized carbons (Fsp3) is 0.571. The number of likely N-dealkylation sites (N-methyl/N-ethyl adjacent to an activating group) is 1. The lowest BCUT2D eigenvalue weighted by Gasteiger charge is -2.31. The Morgan fingerprint density at radius 1 is 1.29 bits per heavy atom. The normalized spacial score (nSPS) is 24.6. The first-order valence-electron chi connectivity index (χ1n) is 6.31. The van der Waals surface area contributed by atoms with Crippen LogP contribution in [0.15, 0.2) is 18.2 Å². The van der Waals surface area contributed by atoms with E-state index in [0.29, 0.717) is 6.04 Å². The zero-order valence-electron chi connectivity index (χ0n) is 10.5. The van der Waals surface area contributed by atoms with Gasteiger partial charge < -0.3 is 10.1 Å². The van der Waals surface area contributed by atoms with E-state index in [9.17, 15) is 0 Å². The summed E-state index contributed by atoms with van der Waals surface area (Å²) in [5.74, 6) is 0.930. The molecule has 94 valence electrons. The molecule has 1 fully saturated rings. The van der Waals surface area contributed by atoms with Crippen LogP contribution >= 0.6 is 11.6 Å². The molecule has 1 aromatic rings. The second-order valence-corrected chi connectivity index (χ2v) is 5.15. The molecule has 0 radical (unpaired) electrons. The van der Waals surface area contributed by atoms with Crippen molar-refractivity contribution in [2.24, 2.45) is 0 Å². The van der Waals surface area contributed by atoms with Crippen molar-refractivity contribution < 1.29 is 4.74 Å². The molecule has 2 nitrogen and oxygen atoms in total. The number of benzene rings is 1. The highest BCUT2D eigenvalue weighted by molar-refractivity contribution is 6.31. The van der Waals surface area contributed by atoms with Crippen molar-refractivity contribution in [2.45, 2.75) is 44.8 Å². The van der Waals surface area contributed by atoms with E-state index in [0.717, 1.165) is 22.8 Å². The van der Waals surface area contributed by atoms with E-state index < -0.39 is 0 Å². The topological polar surface area (TPSA) is 21.3 Å². The van der Waals surface area contributed by atoms with Crippen LogP contribution in [0, 0.1) is 6.92 Å². The summed E-state index contributed by atoms with van der Waals surface area (Å²) >= 11 is 6.01. The van der Waals surface area contributed by atoms with Gasteiger partial charge in [-0.05, 0) is 57.0 Å². The van der Waals surface area contributed by atoms with Crippen LogP contribution in [-0.2, 0) is 0 Å². The average Bonchev–Trinajstić information content (AvgIpc) is 2.34. The van der Waals surface area contributed by atoms with Crippen LogP contribution in [0.5, 0.6) is 5.75 Å². The van der Waals surface area contributed by atoms with Gasteiger partial charge in [0.15, 0.2) is 0 Å². The van der Waals surface area contributed by atoms with Crippen LogP contribution in [0.25, 0.3) is 0 Å². The third-order valence-corrected chi connectivity index (χ3v) is 3.91. The number of aryl methyl sites for hydroxylation is 1. The molecule has 0 aromatic heterocycles. The maximum Gasteiger partial charge on any atom is 0.120 e. The van der Waals surface area contributed by atoms with E-state index in [-0.39, 0.29) is 6.10 Å². The largest absolute Gasteiger partial charge is 0.489 e. The number of nitrogens with one attached hydrogen (secondary N) is 1. The standard InChI is InChI=1S/C14H20ClNO/c1-10-9-11(7-8-12(10)15)17-14-6-4-3-5-13(14)16-2/h7-9,13-14,16H,3-6H2,1-2H3. The summed E-state index contributed by atoms with van der Waals surface area (Å²) in [6.45, 7) is 2.01. The van der Waals surface area contributed by atoms with E-state index >= 15 is 0 Å². The Morgan fingerprint density at radius 2 is 2.06 bits per heavy atom. The Hall–Kier alpha value is -0.730. The van der Waals surface area contributed by atoms with Gasteiger partial charge in [0.2, 0.25) is 0 Å². The summed E-state index contributed by atoms with van der Waals surface area (Å²) < 4.78 is 6.07. The van der Waals surface area contributed by atoms with Crippen molar-refractivity contribution in [3.63, 3.8) is 0 Å². The van der Waals surface area contributed by atoms with E-state index in [4.69, 9.17) is 16.3 Å². The minimum absolute atomic E-state index is 0.286. The molecule has 0 heterocycles. The maximum absolute atomic E-state index is 6.07. The average molecular weight is 254 g/mol. The predicted molar refractivity (Wildman–Crippen MR) is 71.9 cm³/mol. The van der Waals surface area contributed by atoms with E-state index in [2.05, 4.69) is 5.32 Å². The SMILES string of the molecule is CNC1CCCCC1Oc1ccc(Cl)c(C)c1. The first-order valence-corrected chi connectivity index (χ1v) is 6.68. The minimum Gasteiger partial charge on any atom is -0.489 e. The van der Waals surface area contributed by atoms with Gasteiger partial charge >= 0.3 is 0 Å². The van der Waals surface area contributed by atoms with Crippen molar-refractivity contribution in [3.05, 3.63) is 28.8 Å². The highest BCUT2D eigenvalue weighted by atomic mass is 35.5. The second-order valence-electron chi connectivity index (χ2n) is 4.75. The monoisotopic (exact) mass is 253 g/mol. The summed E-state index contributed by atoms with van der Waals surface area (Å²) in [5, 5.41) is 4.15. The van der Waals surface area contributed by atoms with Crippen LogP contribution < -0.4 is 10.1 Å². The third kappa shape index (κ3) is 3.14. The van der Waals surface area contributed by atoms with E-state index in [1.807, 2.05) is 32.2 Å². The molecule has 0 aliphatic heterocycles. The zero-order valence-corrected chi connectivity index (χ0v) is 11.3. The predicted octanol–water partition coefficient (Wildman–Crippen LogP) is 3.56. The van der Waals surface area contributed by atoms with Crippen molar-refractivity contribution in [2.75, 3.05) is 7.05 Å². The van der Waals surface area contributed by atoms with Gasteiger partial charge in [-0.2, -0.15) is 0 Å². The molecule has 0 amide bonds. The maximum atomic E-state index is 6.07. The first kappa shape index (κ1) is 12.7. The Morgan fingerprint density at radius 3 is 2.76 bits per heavy atom. The summed E-state index contributed by atoms with van der Waals surface area (Å²) in [4.78, 5) is 0. The van der Waals surface area contributed by atoms with Crippen LogP contribution in [0.1, 0.15) is 31.2 Å². The summed E-state index contributed by atoms with van der Waals surface area (Å²) in [7, 11) is 2.01. The molecule has 3 heteroatoms. The molecule has 2 rings (SSSR count). The lowest BCUT2D eigenvalue weighted by atomic mass is 9.92. The Balaban J connectivity index is 2.05. The van der Waals surface area contributed by atoms with Gasteiger partial charge in [-0.15, -0.1) is 0 Å². The van der Waals surface area contributed by atoms with E-state index in [1.54, 1.807) is 0 Å². The first-order chi connectivity index (χ1) is 8.20. The number of ether oxygens (including phenoxy) is 1. The third-order valence-electron chi connectivity index (χ3n) is 3.49. The van der Waals surface area contributed by atoms with Gasteiger partial charge in [0.1, 0.15) is 11.9 Å². The smallest absolute Gasteiger partial charge is 0.120 e. The Labute approximate surface area is 108 Å². The van der Waals surface area contributed by atoms with Crippen LogP contribution in [-0.4, -0.2) is 19.2 Å². The Bertz CT molecular complexity index is 380. The van der Waals surface area contributed by atoms with Crippen LogP contribution in [0.2, 0.25) is 5.02 Å². The molecule has 17 heavy (non-hydrogen) atoms. The molecule has 1 aromatic carbocycles. The van der Waals surface area contributed by atoms with E-state index in [1.165, 1.54) is 19.3 Å². The number of hydrogen-bond acceptors (Lipinski definition) is 2. The molecule has 0 spiro atoms.